The summed E-state index contributed by atoms with van der Waals surface area (Å²) in [6.45, 7) is 8.37. The van der Waals surface area contributed by atoms with Crippen molar-refractivity contribution in [2.24, 2.45) is 40.4 Å². The number of Topliss-reactive ketones (excluding diaryl/α,β-unsaturated/α-hetero) is 1. The number of carbonyl (C=O) groups is 1. The van der Waals surface area contributed by atoms with Gasteiger partial charge in [0.2, 0.25) is 0 Å². The summed E-state index contributed by atoms with van der Waals surface area (Å²) in [4.78, 5) is 12.4. The number of carbonyl (C=O) groups excluding carboxylic acids is 1. The van der Waals surface area contributed by atoms with E-state index in [1.54, 1.807) is 6.92 Å². The Morgan fingerprint density at radius 1 is 1.00 bits per heavy atom. The van der Waals surface area contributed by atoms with Crippen LogP contribution in [0.2, 0.25) is 0 Å². The van der Waals surface area contributed by atoms with Crippen molar-refractivity contribution in [1.29, 1.82) is 0 Å². The first-order chi connectivity index (χ1) is 11.6. The molecule has 0 aromatic rings. The quantitative estimate of drug-likeness (QED) is 0.754. The molecule has 4 saturated carbocycles. The summed E-state index contributed by atoms with van der Waals surface area (Å²) in [6, 6.07) is 0. The Morgan fingerprint density at radius 3 is 2.40 bits per heavy atom. The summed E-state index contributed by atoms with van der Waals surface area (Å²) in [5.74, 6) is 2.53. The molecule has 0 aliphatic heterocycles. The van der Waals surface area contributed by atoms with E-state index < -0.39 is 5.60 Å². The Morgan fingerprint density at radius 2 is 1.72 bits per heavy atom. The molecule has 4 aliphatic rings. The van der Waals surface area contributed by atoms with Gasteiger partial charge in [-0.15, -0.1) is 0 Å². The summed E-state index contributed by atoms with van der Waals surface area (Å²) >= 11 is 0. The monoisotopic (exact) mass is 348 g/mol. The molecule has 4 fully saturated rings. The van der Waals surface area contributed by atoms with Crippen LogP contribution >= 0.6 is 0 Å². The highest BCUT2D eigenvalue weighted by molar-refractivity contribution is 5.86. The van der Waals surface area contributed by atoms with Crippen LogP contribution in [0, 0.1) is 40.4 Å². The maximum atomic E-state index is 12.4. The largest absolute Gasteiger partial charge is 0.393 e. The lowest BCUT2D eigenvalue weighted by Gasteiger charge is -2.61. The van der Waals surface area contributed by atoms with E-state index in [1.165, 1.54) is 12.8 Å². The summed E-state index contributed by atoms with van der Waals surface area (Å²) in [7, 11) is 0. The van der Waals surface area contributed by atoms with Crippen molar-refractivity contribution < 1.29 is 15.0 Å². The average molecular weight is 349 g/mol. The van der Waals surface area contributed by atoms with Crippen molar-refractivity contribution in [2.45, 2.75) is 90.8 Å². The molecule has 0 aromatic heterocycles. The fourth-order valence-corrected chi connectivity index (χ4v) is 8.33. The minimum atomic E-state index is -1.14. The van der Waals surface area contributed by atoms with Gasteiger partial charge in [-0.05, 0) is 93.3 Å². The topological polar surface area (TPSA) is 57.5 Å². The second-order valence-corrected chi connectivity index (χ2v) is 10.5. The second kappa shape index (κ2) is 5.55. The molecule has 0 heterocycles. The molecule has 9 atom stereocenters. The van der Waals surface area contributed by atoms with Crippen molar-refractivity contribution >= 4 is 5.78 Å². The highest BCUT2D eigenvalue weighted by Crippen LogP contribution is 2.69. The van der Waals surface area contributed by atoms with E-state index in [2.05, 4.69) is 20.8 Å². The number of ketones is 1. The predicted molar refractivity (Wildman–Crippen MR) is 97.9 cm³/mol. The molecule has 0 spiro atoms. The van der Waals surface area contributed by atoms with Gasteiger partial charge >= 0.3 is 0 Å². The molecule has 0 unspecified atom stereocenters. The summed E-state index contributed by atoms with van der Waals surface area (Å²) < 4.78 is 0. The van der Waals surface area contributed by atoms with Gasteiger partial charge in [-0.25, -0.2) is 0 Å². The Labute approximate surface area is 152 Å². The van der Waals surface area contributed by atoms with E-state index in [4.69, 9.17) is 0 Å². The fraction of sp³-hybridized carbons (Fsp3) is 0.955. The molecule has 4 aliphatic carbocycles. The summed E-state index contributed by atoms with van der Waals surface area (Å²) in [6.07, 6.45) is 8.53. The van der Waals surface area contributed by atoms with Crippen LogP contribution in [-0.2, 0) is 4.79 Å². The fourth-order valence-electron chi connectivity index (χ4n) is 8.33. The molecule has 2 N–H and O–H groups in total. The Hall–Kier alpha value is -0.410. The first-order valence-electron chi connectivity index (χ1n) is 10.6. The normalized spacial score (nSPS) is 58.2. The Bertz CT molecular complexity index is 574. The highest BCUT2D eigenvalue weighted by Gasteiger charge is 2.68. The zero-order valence-corrected chi connectivity index (χ0v) is 16.4. The number of aliphatic hydroxyl groups excluding tert-OH is 1. The Kier molecular flexibility index (Phi) is 3.99. The first kappa shape index (κ1) is 18.0. The van der Waals surface area contributed by atoms with E-state index in [1.807, 2.05) is 0 Å². The van der Waals surface area contributed by atoms with Crippen LogP contribution in [0.1, 0.15) is 79.1 Å². The molecule has 0 aromatic carbocycles. The lowest BCUT2D eigenvalue weighted by atomic mass is 9.44. The number of hydrogen-bond acceptors (Lipinski definition) is 3. The second-order valence-electron chi connectivity index (χ2n) is 10.5. The molecule has 142 valence electrons. The zero-order valence-electron chi connectivity index (χ0n) is 16.4. The molecular weight excluding hydrogens is 312 g/mol. The van der Waals surface area contributed by atoms with E-state index in [9.17, 15) is 15.0 Å². The van der Waals surface area contributed by atoms with Crippen molar-refractivity contribution in [1.82, 2.24) is 0 Å². The van der Waals surface area contributed by atoms with Gasteiger partial charge in [-0.1, -0.05) is 20.8 Å². The molecule has 0 saturated heterocycles. The van der Waals surface area contributed by atoms with Gasteiger partial charge in [0.25, 0.3) is 0 Å². The standard InChI is InChI=1S/C22H36O3/c1-13-11-19-17-6-5-15-12-16(24)7-9-20(15,3)18(17)8-10-21(19,4)22(13,25)14(2)23/h13,15-19,24-25H,5-12H2,1-4H3/t13-,15-,16+,17-,18+,19-,20+,21-,22-/m1/s1. The van der Waals surface area contributed by atoms with Crippen LogP contribution < -0.4 is 0 Å². The van der Waals surface area contributed by atoms with Crippen molar-refractivity contribution in [3.8, 4) is 0 Å². The van der Waals surface area contributed by atoms with Crippen LogP contribution in [0.25, 0.3) is 0 Å². The third kappa shape index (κ3) is 2.15. The smallest absolute Gasteiger partial charge is 0.162 e. The number of hydrogen-bond donors (Lipinski definition) is 2. The van der Waals surface area contributed by atoms with Crippen LogP contribution in [0.15, 0.2) is 0 Å². The lowest BCUT2D eigenvalue weighted by molar-refractivity contribution is -0.175. The third-order valence-electron chi connectivity index (χ3n) is 9.76. The molecule has 3 heteroatoms. The van der Waals surface area contributed by atoms with Gasteiger partial charge in [0.05, 0.1) is 6.10 Å². The number of rotatable bonds is 1. The van der Waals surface area contributed by atoms with E-state index >= 15 is 0 Å². The van der Waals surface area contributed by atoms with Crippen molar-refractivity contribution in [2.75, 3.05) is 0 Å². The first-order valence-corrected chi connectivity index (χ1v) is 10.6. The van der Waals surface area contributed by atoms with Crippen molar-refractivity contribution in [3.05, 3.63) is 0 Å². The highest BCUT2D eigenvalue weighted by atomic mass is 16.3. The van der Waals surface area contributed by atoms with Gasteiger partial charge in [0, 0.05) is 5.41 Å². The Balaban J connectivity index is 1.67. The predicted octanol–water partition coefficient (Wildman–Crippen LogP) is 3.96. The van der Waals surface area contributed by atoms with Crippen LogP contribution in [0.3, 0.4) is 0 Å². The maximum absolute atomic E-state index is 12.4. The van der Waals surface area contributed by atoms with Crippen LogP contribution in [0.5, 0.6) is 0 Å². The van der Waals surface area contributed by atoms with Gasteiger partial charge in [-0.2, -0.15) is 0 Å². The van der Waals surface area contributed by atoms with Crippen LogP contribution in [-0.4, -0.2) is 27.7 Å². The molecule has 3 nitrogen and oxygen atoms in total. The molecule has 0 radical (unpaired) electrons. The van der Waals surface area contributed by atoms with Gasteiger partial charge in [-0.3, -0.25) is 4.79 Å². The lowest BCUT2D eigenvalue weighted by Crippen LogP contribution is -2.59. The average Bonchev–Trinajstić information content (AvgIpc) is 2.77. The van der Waals surface area contributed by atoms with Crippen molar-refractivity contribution in [3.63, 3.8) is 0 Å². The molecule has 4 rings (SSSR count). The zero-order chi connectivity index (χ0) is 18.2. The van der Waals surface area contributed by atoms with Gasteiger partial charge < -0.3 is 10.2 Å². The van der Waals surface area contributed by atoms with E-state index in [0.717, 1.165) is 38.5 Å². The number of fused-ring (bicyclic) bond motifs is 5. The number of aliphatic hydroxyl groups is 2. The minimum Gasteiger partial charge on any atom is -0.393 e. The maximum Gasteiger partial charge on any atom is 0.162 e. The third-order valence-corrected chi connectivity index (χ3v) is 9.76. The molecule has 25 heavy (non-hydrogen) atoms. The van der Waals surface area contributed by atoms with E-state index in [-0.39, 0.29) is 23.2 Å². The molecule has 0 amide bonds. The summed E-state index contributed by atoms with van der Waals surface area (Å²) in [5.41, 5.74) is -1.04. The molecular formula is C22H36O3. The SMILES string of the molecule is CC(=O)[C@]1(O)[C@H](C)C[C@@H]2[C@@H]3CC[C@@H]4C[C@@H](O)CC[C@]4(C)[C@H]3CC[C@]21C. The van der Waals surface area contributed by atoms with Gasteiger partial charge in [0.15, 0.2) is 5.78 Å². The van der Waals surface area contributed by atoms with Gasteiger partial charge in [0.1, 0.15) is 5.60 Å². The minimum absolute atomic E-state index is 0.0239. The van der Waals surface area contributed by atoms with Crippen LogP contribution in [0.4, 0.5) is 0 Å². The summed E-state index contributed by atoms with van der Waals surface area (Å²) in [5, 5.41) is 21.6. The van der Waals surface area contributed by atoms with E-state index in [0.29, 0.717) is 29.1 Å². The molecule has 0 bridgehead atoms.